The standard InChI is InChI=1S/C26H20N2O9/c1-14(2)18-6-4-5-7-22(18)37-24-13-35-23-12-17(8-9-19(23)25(24)29)36-26(30)16-10-20(27(31)32)15(3)21(11-16)28(33)34/h4-14H,1-3H3. The lowest BCUT2D eigenvalue weighted by molar-refractivity contribution is -0.395. The van der Waals surface area contributed by atoms with E-state index >= 15 is 0 Å². The number of nitrogens with zero attached hydrogens (tertiary/aromatic N) is 2. The van der Waals surface area contributed by atoms with Crippen molar-refractivity contribution in [1.82, 2.24) is 0 Å². The summed E-state index contributed by atoms with van der Waals surface area (Å²) < 4.78 is 16.6. The first-order valence-electron chi connectivity index (χ1n) is 11.0. The van der Waals surface area contributed by atoms with E-state index in [1.807, 2.05) is 26.0 Å². The van der Waals surface area contributed by atoms with E-state index in [9.17, 15) is 29.8 Å². The van der Waals surface area contributed by atoms with E-state index in [2.05, 4.69) is 0 Å². The number of fused-ring (bicyclic) bond motifs is 1. The summed E-state index contributed by atoms with van der Waals surface area (Å²) in [7, 11) is 0. The molecular weight excluding hydrogens is 484 g/mol. The summed E-state index contributed by atoms with van der Waals surface area (Å²) in [5.41, 5.74) is -1.16. The molecule has 0 N–H and O–H groups in total. The van der Waals surface area contributed by atoms with Crippen LogP contribution in [0, 0.1) is 27.2 Å². The van der Waals surface area contributed by atoms with Gasteiger partial charge in [-0.15, -0.1) is 0 Å². The highest BCUT2D eigenvalue weighted by Gasteiger charge is 2.26. The molecule has 0 saturated carbocycles. The molecule has 37 heavy (non-hydrogen) atoms. The monoisotopic (exact) mass is 504 g/mol. The fraction of sp³-hybridized carbons (Fsp3) is 0.154. The van der Waals surface area contributed by atoms with Crippen molar-refractivity contribution in [3.63, 3.8) is 0 Å². The summed E-state index contributed by atoms with van der Waals surface area (Å²) in [6.45, 7) is 5.22. The molecule has 0 fully saturated rings. The largest absolute Gasteiger partial charge is 0.460 e. The van der Waals surface area contributed by atoms with Gasteiger partial charge in [-0.05, 0) is 36.6 Å². The Morgan fingerprint density at radius 2 is 1.59 bits per heavy atom. The molecule has 4 aromatic rings. The molecule has 0 radical (unpaired) electrons. The van der Waals surface area contributed by atoms with Gasteiger partial charge in [0.1, 0.15) is 28.9 Å². The fourth-order valence-corrected chi connectivity index (χ4v) is 3.74. The Bertz CT molecular complexity index is 1590. The highest BCUT2D eigenvalue weighted by atomic mass is 16.6. The number of carbonyl (C=O) groups is 1. The molecule has 3 aromatic carbocycles. The van der Waals surface area contributed by atoms with Crippen LogP contribution in [0.3, 0.4) is 0 Å². The van der Waals surface area contributed by atoms with Crippen molar-refractivity contribution < 1.29 is 28.5 Å². The Balaban J connectivity index is 1.63. The minimum atomic E-state index is -1.06. The number of rotatable bonds is 7. The van der Waals surface area contributed by atoms with Gasteiger partial charge in [0, 0.05) is 18.2 Å². The quantitative estimate of drug-likeness (QED) is 0.127. The van der Waals surface area contributed by atoms with Crippen molar-refractivity contribution in [1.29, 1.82) is 0 Å². The summed E-state index contributed by atoms with van der Waals surface area (Å²) in [6.07, 6.45) is 1.15. The number of hydrogen-bond donors (Lipinski definition) is 0. The van der Waals surface area contributed by atoms with Gasteiger partial charge in [0.05, 0.1) is 20.8 Å². The van der Waals surface area contributed by atoms with E-state index < -0.39 is 32.6 Å². The van der Waals surface area contributed by atoms with Crippen LogP contribution in [0.2, 0.25) is 0 Å². The van der Waals surface area contributed by atoms with E-state index in [1.54, 1.807) is 12.1 Å². The first-order valence-corrected chi connectivity index (χ1v) is 11.0. The van der Waals surface area contributed by atoms with E-state index in [0.717, 1.165) is 24.0 Å². The third-order valence-corrected chi connectivity index (χ3v) is 5.67. The van der Waals surface area contributed by atoms with Crippen LogP contribution in [0.1, 0.15) is 41.3 Å². The van der Waals surface area contributed by atoms with Gasteiger partial charge in [-0.2, -0.15) is 0 Å². The van der Waals surface area contributed by atoms with Crippen LogP contribution in [0.5, 0.6) is 17.2 Å². The number of ether oxygens (including phenoxy) is 2. The zero-order valence-electron chi connectivity index (χ0n) is 19.9. The average Bonchev–Trinajstić information content (AvgIpc) is 2.85. The molecule has 0 unspecified atom stereocenters. The van der Waals surface area contributed by atoms with E-state index in [-0.39, 0.29) is 39.5 Å². The summed E-state index contributed by atoms with van der Waals surface area (Å²) in [6, 6.07) is 13.1. The molecule has 0 amide bonds. The molecule has 1 aromatic heterocycles. The van der Waals surface area contributed by atoms with Crippen molar-refractivity contribution in [2.45, 2.75) is 26.7 Å². The second kappa shape index (κ2) is 9.90. The molecule has 0 aliphatic heterocycles. The molecule has 11 heteroatoms. The Hall–Kier alpha value is -5.06. The normalized spacial score (nSPS) is 10.9. The van der Waals surface area contributed by atoms with Gasteiger partial charge in [0.25, 0.3) is 11.4 Å². The molecule has 0 aliphatic rings. The zero-order valence-corrected chi connectivity index (χ0v) is 19.9. The lowest BCUT2D eigenvalue weighted by Crippen LogP contribution is -2.11. The van der Waals surface area contributed by atoms with Crippen molar-refractivity contribution in [3.05, 3.63) is 108 Å². The van der Waals surface area contributed by atoms with E-state index in [4.69, 9.17) is 13.9 Å². The van der Waals surface area contributed by atoms with Crippen LogP contribution in [0.25, 0.3) is 11.0 Å². The molecule has 0 spiro atoms. The van der Waals surface area contributed by atoms with E-state index in [1.165, 1.54) is 25.1 Å². The molecule has 0 saturated heterocycles. The van der Waals surface area contributed by atoms with Gasteiger partial charge in [-0.25, -0.2) is 4.79 Å². The smallest absolute Gasteiger partial charge is 0.344 e. The summed E-state index contributed by atoms with van der Waals surface area (Å²) >= 11 is 0. The number of para-hydroxylation sites is 1. The third kappa shape index (κ3) is 5.01. The maximum absolute atomic E-state index is 13.0. The summed E-state index contributed by atoms with van der Waals surface area (Å²) in [5, 5.41) is 22.7. The van der Waals surface area contributed by atoms with Crippen molar-refractivity contribution in [2.75, 3.05) is 0 Å². The molecule has 188 valence electrons. The average molecular weight is 504 g/mol. The number of carbonyl (C=O) groups excluding carboxylic acids is 1. The highest BCUT2D eigenvalue weighted by Crippen LogP contribution is 2.32. The molecule has 4 rings (SSSR count). The van der Waals surface area contributed by atoms with Crippen molar-refractivity contribution in [2.24, 2.45) is 0 Å². The lowest BCUT2D eigenvalue weighted by Gasteiger charge is -2.13. The Labute approximate surface area is 209 Å². The van der Waals surface area contributed by atoms with Crippen molar-refractivity contribution >= 4 is 28.3 Å². The Morgan fingerprint density at radius 3 is 2.22 bits per heavy atom. The van der Waals surface area contributed by atoms with Crippen LogP contribution in [-0.4, -0.2) is 15.8 Å². The van der Waals surface area contributed by atoms with Gasteiger partial charge in [0.2, 0.25) is 11.2 Å². The zero-order chi connectivity index (χ0) is 26.9. The Kier molecular flexibility index (Phi) is 6.70. The molecule has 0 bridgehead atoms. The molecule has 0 atom stereocenters. The van der Waals surface area contributed by atoms with Crippen LogP contribution in [0.15, 0.2) is 70.1 Å². The molecular formula is C26H20N2O9. The van der Waals surface area contributed by atoms with Gasteiger partial charge in [-0.3, -0.25) is 25.0 Å². The van der Waals surface area contributed by atoms with Crippen LogP contribution >= 0.6 is 0 Å². The Morgan fingerprint density at radius 1 is 0.946 bits per heavy atom. The summed E-state index contributed by atoms with van der Waals surface area (Å²) in [5.74, 6) is -0.429. The summed E-state index contributed by atoms with van der Waals surface area (Å²) in [4.78, 5) is 46.6. The van der Waals surface area contributed by atoms with Gasteiger partial charge in [0.15, 0.2) is 0 Å². The van der Waals surface area contributed by atoms with Gasteiger partial charge >= 0.3 is 5.97 Å². The lowest BCUT2D eigenvalue weighted by atomic mass is 10.0. The van der Waals surface area contributed by atoms with Gasteiger partial charge < -0.3 is 13.9 Å². The van der Waals surface area contributed by atoms with E-state index in [0.29, 0.717) is 5.75 Å². The highest BCUT2D eigenvalue weighted by molar-refractivity contribution is 5.93. The first kappa shape index (κ1) is 25.0. The van der Waals surface area contributed by atoms with Gasteiger partial charge in [-0.1, -0.05) is 32.0 Å². The third-order valence-electron chi connectivity index (χ3n) is 5.67. The molecule has 1 heterocycles. The SMILES string of the molecule is Cc1c([N+](=O)[O-])cc(C(=O)Oc2ccc3c(=O)c(Oc4ccccc4C(C)C)coc3c2)cc1[N+](=O)[O-]. The number of nitro groups is 2. The number of hydrogen-bond acceptors (Lipinski definition) is 9. The van der Waals surface area contributed by atoms with Crippen LogP contribution in [0.4, 0.5) is 11.4 Å². The number of nitro benzene ring substituents is 2. The topological polar surface area (TPSA) is 152 Å². The number of esters is 1. The fourth-order valence-electron chi connectivity index (χ4n) is 3.74. The molecule has 11 nitrogen and oxygen atoms in total. The maximum Gasteiger partial charge on any atom is 0.344 e. The van der Waals surface area contributed by atoms with Crippen LogP contribution < -0.4 is 14.9 Å². The first-order chi connectivity index (χ1) is 17.6. The van der Waals surface area contributed by atoms with Crippen molar-refractivity contribution in [3.8, 4) is 17.2 Å². The second-order valence-electron chi connectivity index (χ2n) is 8.42. The molecule has 0 aliphatic carbocycles. The number of benzene rings is 3. The maximum atomic E-state index is 13.0. The minimum absolute atomic E-state index is 0.0235. The van der Waals surface area contributed by atoms with Crippen LogP contribution in [-0.2, 0) is 0 Å². The predicted octanol–water partition coefficient (Wildman–Crippen LogP) is 6.05. The second-order valence-corrected chi connectivity index (χ2v) is 8.42. The minimum Gasteiger partial charge on any atom is -0.460 e. The predicted molar refractivity (Wildman–Crippen MR) is 133 cm³/mol.